The van der Waals surface area contributed by atoms with Gasteiger partial charge < -0.3 is 9.80 Å². The summed E-state index contributed by atoms with van der Waals surface area (Å²) < 4.78 is 1.52. The summed E-state index contributed by atoms with van der Waals surface area (Å²) >= 11 is 4.05. The first-order chi connectivity index (χ1) is 10.2. The molecule has 0 bridgehead atoms. The summed E-state index contributed by atoms with van der Waals surface area (Å²) in [6.07, 6.45) is 1.34. The van der Waals surface area contributed by atoms with Crippen LogP contribution in [0, 0.1) is 0 Å². The van der Waals surface area contributed by atoms with E-state index in [2.05, 4.69) is 48.0 Å². The lowest BCUT2D eigenvalue weighted by Crippen LogP contribution is -2.44. The summed E-state index contributed by atoms with van der Waals surface area (Å²) in [6, 6.07) is 9.18. The van der Waals surface area contributed by atoms with Crippen LogP contribution in [-0.2, 0) is 0 Å². The molecule has 0 atom stereocenters. The fourth-order valence-electron chi connectivity index (χ4n) is 2.75. The Balaban J connectivity index is 1.71. The predicted molar refractivity (Wildman–Crippen MR) is 98.3 cm³/mol. The number of benzene rings is 1. The van der Waals surface area contributed by atoms with Gasteiger partial charge in [0.05, 0.1) is 0 Å². The van der Waals surface area contributed by atoms with Crippen molar-refractivity contribution in [1.29, 1.82) is 0 Å². The Bertz CT molecular complexity index is 494. The zero-order valence-corrected chi connectivity index (χ0v) is 14.6. The number of rotatable bonds is 2. The molecule has 2 fully saturated rings. The highest BCUT2D eigenvalue weighted by atomic mass is 32.2. The fraction of sp³-hybridized carbons (Fsp3) is 0.529. The Morgan fingerprint density at radius 1 is 0.952 bits per heavy atom. The summed E-state index contributed by atoms with van der Waals surface area (Å²) in [7, 11) is 2.20. The molecule has 0 saturated carbocycles. The van der Waals surface area contributed by atoms with Crippen LogP contribution in [-0.4, -0.2) is 49.6 Å². The molecule has 0 spiro atoms. The van der Waals surface area contributed by atoms with E-state index in [4.69, 9.17) is 0 Å². The van der Waals surface area contributed by atoms with Gasteiger partial charge in [-0.2, -0.15) is 0 Å². The second-order valence-corrected chi connectivity index (χ2v) is 8.27. The lowest BCUT2D eigenvalue weighted by Gasteiger charge is -2.34. The maximum atomic E-state index is 2.50. The SMILES string of the molecule is CC(=C1SCCCS1)c1ccc(N2CCN(C)CC2)cc1. The summed E-state index contributed by atoms with van der Waals surface area (Å²) in [5.74, 6) is 2.55. The molecule has 0 aliphatic carbocycles. The number of anilines is 1. The Morgan fingerprint density at radius 3 is 2.19 bits per heavy atom. The molecule has 21 heavy (non-hydrogen) atoms. The maximum Gasteiger partial charge on any atom is 0.0436 e. The van der Waals surface area contributed by atoms with Gasteiger partial charge in [-0.25, -0.2) is 0 Å². The molecule has 0 aromatic heterocycles. The topological polar surface area (TPSA) is 6.48 Å². The zero-order valence-electron chi connectivity index (χ0n) is 13.0. The van der Waals surface area contributed by atoms with Gasteiger partial charge in [-0.1, -0.05) is 12.1 Å². The van der Waals surface area contributed by atoms with Crippen LogP contribution in [0.3, 0.4) is 0 Å². The first kappa shape index (κ1) is 15.3. The van der Waals surface area contributed by atoms with E-state index in [0.717, 1.165) is 26.2 Å². The molecule has 0 unspecified atom stereocenters. The van der Waals surface area contributed by atoms with E-state index in [-0.39, 0.29) is 0 Å². The lowest BCUT2D eigenvalue weighted by atomic mass is 10.1. The van der Waals surface area contributed by atoms with E-state index in [1.807, 2.05) is 23.5 Å². The number of allylic oxidation sites excluding steroid dienone is 1. The van der Waals surface area contributed by atoms with E-state index >= 15 is 0 Å². The van der Waals surface area contributed by atoms with Gasteiger partial charge in [0.15, 0.2) is 0 Å². The minimum atomic E-state index is 1.14. The Hall–Kier alpha value is -0.580. The van der Waals surface area contributed by atoms with Gasteiger partial charge in [0.25, 0.3) is 0 Å². The normalized spacial score (nSPS) is 20.7. The summed E-state index contributed by atoms with van der Waals surface area (Å²) in [6.45, 7) is 6.88. The molecule has 2 heterocycles. The quantitative estimate of drug-likeness (QED) is 0.812. The van der Waals surface area contributed by atoms with Gasteiger partial charge in [-0.3, -0.25) is 0 Å². The van der Waals surface area contributed by atoms with Crippen molar-refractivity contribution in [2.75, 3.05) is 49.6 Å². The third-order valence-corrected chi connectivity index (χ3v) is 7.06. The van der Waals surface area contributed by atoms with Crippen LogP contribution < -0.4 is 4.90 Å². The van der Waals surface area contributed by atoms with Crippen molar-refractivity contribution in [2.45, 2.75) is 13.3 Å². The highest BCUT2D eigenvalue weighted by molar-refractivity contribution is 8.23. The van der Waals surface area contributed by atoms with Crippen molar-refractivity contribution in [3.05, 3.63) is 34.1 Å². The monoisotopic (exact) mass is 320 g/mol. The predicted octanol–water partition coefficient (Wildman–Crippen LogP) is 4.00. The average molecular weight is 321 g/mol. The van der Waals surface area contributed by atoms with Crippen molar-refractivity contribution < 1.29 is 0 Å². The smallest absolute Gasteiger partial charge is 0.0436 e. The molecule has 2 aliphatic rings. The van der Waals surface area contributed by atoms with Gasteiger partial charge in [0.1, 0.15) is 0 Å². The number of nitrogens with zero attached hydrogens (tertiary/aromatic N) is 2. The second-order valence-electron chi connectivity index (χ2n) is 5.80. The largest absolute Gasteiger partial charge is 0.369 e. The number of piperazine rings is 1. The van der Waals surface area contributed by atoms with Crippen LogP contribution in [0.1, 0.15) is 18.9 Å². The molecule has 114 valence electrons. The Labute approximate surface area is 137 Å². The Kier molecular flexibility index (Phi) is 5.19. The van der Waals surface area contributed by atoms with Crippen molar-refractivity contribution in [2.24, 2.45) is 0 Å². The van der Waals surface area contributed by atoms with Gasteiger partial charge >= 0.3 is 0 Å². The second kappa shape index (κ2) is 7.12. The highest BCUT2D eigenvalue weighted by Crippen LogP contribution is 2.40. The molecule has 2 aliphatic heterocycles. The molecule has 1 aromatic carbocycles. The van der Waals surface area contributed by atoms with E-state index < -0.39 is 0 Å². The molecular formula is C17H24N2S2. The maximum absolute atomic E-state index is 2.50. The highest BCUT2D eigenvalue weighted by Gasteiger charge is 2.15. The van der Waals surface area contributed by atoms with E-state index in [1.165, 1.54) is 39.0 Å². The first-order valence-corrected chi connectivity index (χ1v) is 9.71. The molecule has 0 radical (unpaired) electrons. The minimum Gasteiger partial charge on any atom is -0.369 e. The minimum absolute atomic E-state index is 1.14. The summed E-state index contributed by atoms with van der Waals surface area (Å²) in [5.41, 5.74) is 4.20. The van der Waals surface area contributed by atoms with Crippen molar-refractivity contribution in [1.82, 2.24) is 4.90 Å². The summed E-state index contributed by atoms with van der Waals surface area (Å²) in [5, 5.41) is 0. The molecule has 2 saturated heterocycles. The molecular weight excluding hydrogens is 296 g/mol. The van der Waals surface area contributed by atoms with E-state index in [9.17, 15) is 0 Å². The lowest BCUT2D eigenvalue weighted by molar-refractivity contribution is 0.313. The van der Waals surface area contributed by atoms with Gasteiger partial charge in [-0.05, 0) is 55.2 Å². The van der Waals surface area contributed by atoms with E-state index in [0.29, 0.717) is 0 Å². The number of hydrogen-bond donors (Lipinski definition) is 0. The van der Waals surface area contributed by atoms with Crippen LogP contribution in [0.5, 0.6) is 0 Å². The van der Waals surface area contributed by atoms with Crippen LogP contribution in [0.15, 0.2) is 28.5 Å². The van der Waals surface area contributed by atoms with Crippen LogP contribution in [0.4, 0.5) is 5.69 Å². The average Bonchev–Trinajstić information content (AvgIpc) is 2.56. The van der Waals surface area contributed by atoms with Crippen LogP contribution in [0.2, 0.25) is 0 Å². The summed E-state index contributed by atoms with van der Waals surface area (Å²) in [4.78, 5) is 4.90. The Morgan fingerprint density at radius 2 is 1.57 bits per heavy atom. The van der Waals surface area contributed by atoms with Crippen molar-refractivity contribution in [3.63, 3.8) is 0 Å². The van der Waals surface area contributed by atoms with Gasteiger partial charge in [0, 0.05) is 36.1 Å². The van der Waals surface area contributed by atoms with Crippen molar-refractivity contribution >= 4 is 34.8 Å². The third-order valence-electron chi connectivity index (χ3n) is 4.23. The third kappa shape index (κ3) is 3.79. The number of thioether (sulfide) groups is 2. The molecule has 0 amide bonds. The van der Waals surface area contributed by atoms with Crippen LogP contribution >= 0.6 is 23.5 Å². The van der Waals surface area contributed by atoms with E-state index in [1.54, 1.807) is 0 Å². The number of hydrogen-bond acceptors (Lipinski definition) is 4. The molecule has 1 aromatic rings. The molecule has 0 N–H and O–H groups in total. The zero-order chi connectivity index (χ0) is 14.7. The van der Waals surface area contributed by atoms with Gasteiger partial charge in [-0.15, -0.1) is 23.5 Å². The molecule has 3 rings (SSSR count). The molecule has 4 heteroatoms. The molecule has 2 nitrogen and oxygen atoms in total. The fourth-order valence-corrected chi connectivity index (χ4v) is 5.38. The van der Waals surface area contributed by atoms with Crippen LogP contribution in [0.25, 0.3) is 5.57 Å². The van der Waals surface area contributed by atoms with Crippen molar-refractivity contribution in [3.8, 4) is 0 Å². The van der Waals surface area contributed by atoms with Gasteiger partial charge in [0.2, 0.25) is 0 Å². The first-order valence-electron chi connectivity index (χ1n) is 7.74. The number of likely N-dealkylation sites (N-methyl/N-ethyl adjacent to an activating group) is 1. The standard InChI is InChI=1S/C17H24N2S2/c1-14(17-20-12-3-13-21-17)15-4-6-16(7-5-15)19-10-8-18(2)9-11-19/h4-7H,3,8-13H2,1-2H3.